The highest BCUT2D eigenvalue weighted by molar-refractivity contribution is 9.10. The number of carbonyl (C=O) groups excluding carboxylic acids is 1. The van der Waals surface area contributed by atoms with Gasteiger partial charge in [0.25, 0.3) is 0 Å². The van der Waals surface area contributed by atoms with E-state index in [9.17, 15) is 4.79 Å². The highest BCUT2D eigenvalue weighted by Gasteiger charge is 2.23. The molecule has 0 saturated carbocycles. The van der Waals surface area contributed by atoms with Crippen LogP contribution in [0.1, 0.15) is 15.2 Å². The van der Waals surface area contributed by atoms with Gasteiger partial charge < -0.3 is 10.2 Å². The summed E-state index contributed by atoms with van der Waals surface area (Å²) in [6, 6.07) is 22.9. The molecule has 0 radical (unpaired) electrons. The minimum absolute atomic E-state index is 0.116. The Labute approximate surface area is 185 Å². The van der Waals surface area contributed by atoms with Gasteiger partial charge in [-0.2, -0.15) is 0 Å². The zero-order valence-corrected chi connectivity index (χ0v) is 18.0. The molecule has 3 aromatic heterocycles. The molecule has 0 bridgehead atoms. The maximum absolute atomic E-state index is 13.2. The first-order valence-electron chi connectivity index (χ1n) is 9.24. The molecule has 0 fully saturated rings. The minimum atomic E-state index is -0.116. The van der Waals surface area contributed by atoms with Crippen LogP contribution in [0.15, 0.2) is 87.9 Å². The van der Waals surface area contributed by atoms with Gasteiger partial charge in [-0.25, -0.2) is 4.98 Å². The molecule has 4 nitrogen and oxygen atoms in total. The molecule has 0 spiro atoms. The number of nitrogens with zero attached hydrogens (tertiary/aromatic N) is 1. The van der Waals surface area contributed by atoms with E-state index in [1.165, 1.54) is 11.3 Å². The van der Waals surface area contributed by atoms with Crippen LogP contribution in [0.4, 0.5) is 5.69 Å². The molecule has 5 rings (SSSR count). The monoisotopic (exact) mass is 474 g/mol. The van der Waals surface area contributed by atoms with Gasteiger partial charge in [-0.15, -0.1) is 11.3 Å². The van der Waals surface area contributed by atoms with E-state index in [-0.39, 0.29) is 5.78 Å². The molecule has 30 heavy (non-hydrogen) atoms. The van der Waals surface area contributed by atoms with Gasteiger partial charge in [-0.05, 0) is 42.5 Å². The van der Waals surface area contributed by atoms with Crippen molar-refractivity contribution in [2.24, 2.45) is 0 Å². The SMILES string of the molecule is Nc1c(C(=O)c2ccc(Br)cc2)sc2nc(-c3ccccc3)cc(-c3ccco3)c12. The van der Waals surface area contributed by atoms with E-state index < -0.39 is 0 Å². The maximum atomic E-state index is 13.2. The number of ketones is 1. The summed E-state index contributed by atoms with van der Waals surface area (Å²) < 4.78 is 6.59. The van der Waals surface area contributed by atoms with Crippen molar-refractivity contribution in [3.63, 3.8) is 0 Å². The Morgan fingerprint density at radius 2 is 1.77 bits per heavy atom. The zero-order chi connectivity index (χ0) is 20.7. The van der Waals surface area contributed by atoms with Crippen LogP contribution in [-0.4, -0.2) is 10.8 Å². The molecule has 0 unspecified atom stereocenters. The highest BCUT2D eigenvalue weighted by atomic mass is 79.9. The van der Waals surface area contributed by atoms with Crippen molar-refractivity contribution >= 4 is 49.0 Å². The molecular weight excluding hydrogens is 460 g/mol. The first-order chi connectivity index (χ1) is 14.6. The van der Waals surface area contributed by atoms with Crippen LogP contribution in [0.2, 0.25) is 0 Å². The number of nitrogens with two attached hydrogens (primary N) is 1. The fourth-order valence-electron chi connectivity index (χ4n) is 3.40. The average Bonchev–Trinajstić information content (AvgIpc) is 3.42. The molecule has 146 valence electrons. The second kappa shape index (κ2) is 7.55. The summed E-state index contributed by atoms with van der Waals surface area (Å²) in [6.07, 6.45) is 1.63. The molecule has 0 aliphatic rings. The quantitative estimate of drug-likeness (QED) is 0.290. The Kier molecular flexibility index (Phi) is 4.73. The molecule has 0 amide bonds. The minimum Gasteiger partial charge on any atom is -0.464 e. The molecule has 0 saturated heterocycles. The number of furan rings is 1. The van der Waals surface area contributed by atoms with Crippen molar-refractivity contribution in [1.82, 2.24) is 4.98 Å². The van der Waals surface area contributed by atoms with Gasteiger partial charge in [-0.3, -0.25) is 4.79 Å². The van der Waals surface area contributed by atoms with E-state index >= 15 is 0 Å². The Morgan fingerprint density at radius 1 is 1.00 bits per heavy atom. The van der Waals surface area contributed by atoms with E-state index in [4.69, 9.17) is 15.1 Å². The number of thiophene rings is 1. The predicted octanol–water partition coefficient (Wildman–Crippen LogP) is 6.80. The number of aromatic nitrogens is 1. The van der Waals surface area contributed by atoms with Gasteiger partial charge in [0, 0.05) is 26.5 Å². The van der Waals surface area contributed by atoms with E-state index in [1.807, 2.05) is 60.7 Å². The molecular formula is C24H15BrN2O2S. The first kappa shape index (κ1) is 18.8. The highest BCUT2D eigenvalue weighted by Crippen LogP contribution is 2.42. The van der Waals surface area contributed by atoms with Crippen molar-refractivity contribution in [2.75, 3.05) is 5.73 Å². The predicted molar refractivity (Wildman–Crippen MR) is 125 cm³/mol. The van der Waals surface area contributed by atoms with Crippen LogP contribution < -0.4 is 5.73 Å². The molecule has 5 aromatic rings. The number of pyridine rings is 1. The van der Waals surface area contributed by atoms with E-state index in [2.05, 4.69) is 15.9 Å². The van der Waals surface area contributed by atoms with Crippen molar-refractivity contribution in [1.29, 1.82) is 0 Å². The zero-order valence-electron chi connectivity index (χ0n) is 15.6. The third kappa shape index (κ3) is 3.24. The summed E-state index contributed by atoms with van der Waals surface area (Å²) in [7, 11) is 0. The van der Waals surface area contributed by atoms with Crippen molar-refractivity contribution < 1.29 is 9.21 Å². The molecule has 6 heteroatoms. The van der Waals surface area contributed by atoms with Gasteiger partial charge >= 0.3 is 0 Å². The number of halogens is 1. The van der Waals surface area contributed by atoms with Gasteiger partial charge in [-0.1, -0.05) is 46.3 Å². The number of rotatable bonds is 4. The smallest absolute Gasteiger partial charge is 0.205 e. The first-order valence-corrected chi connectivity index (χ1v) is 10.9. The molecule has 2 N–H and O–H groups in total. The molecule has 0 atom stereocenters. The summed E-state index contributed by atoms with van der Waals surface area (Å²) in [5.41, 5.74) is 10.1. The normalized spacial score (nSPS) is 11.1. The third-order valence-electron chi connectivity index (χ3n) is 4.87. The van der Waals surface area contributed by atoms with Gasteiger partial charge in [0.15, 0.2) is 0 Å². The van der Waals surface area contributed by atoms with Crippen LogP contribution in [0.25, 0.3) is 32.8 Å². The number of fused-ring (bicyclic) bond motifs is 1. The van der Waals surface area contributed by atoms with E-state index in [1.54, 1.807) is 18.4 Å². The summed E-state index contributed by atoms with van der Waals surface area (Å²) in [5, 5.41) is 0.745. The number of benzene rings is 2. The Bertz CT molecular complexity index is 1360. The largest absolute Gasteiger partial charge is 0.464 e. The Hall–Kier alpha value is -3.22. The topological polar surface area (TPSA) is 69.1 Å². The fourth-order valence-corrected chi connectivity index (χ4v) is 4.75. The molecule has 3 heterocycles. The van der Waals surface area contributed by atoms with Crippen molar-refractivity contribution in [3.05, 3.63) is 94.0 Å². The van der Waals surface area contributed by atoms with Crippen LogP contribution in [0, 0.1) is 0 Å². The maximum Gasteiger partial charge on any atom is 0.205 e. The van der Waals surface area contributed by atoms with Crippen LogP contribution in [0.5, 0.6) is 0 Å². The Morgan fingerprint density at radius 3 is 2.47 bits per heavy atom. The standard InChI is InChI=1S/C24H15BrN2O2S/c25-16-10-8-15(9-11-16)22(28)23-21(26)20-17(19-7-4-12-29-19)13-18(27-24(20)30-23)14-5-2-1-3-6-14/h1-13H,26H2. The lowest BCUT2D eigenvalue weighted by Crippen LogP contribution is -2.02. The van der Waals surface area contributed by atoms with Crippen LogP contribution >= 0.6 is 27.3 Å². The molecule has 0 aliphatic heterocycles. The number of hydrogen-bond donors (Lipinski definition) is 1. The lowest BCUT2D eigenvalue weighted by atomic mass is 10.0. The van der Waals surface area contributed by atoms with E-state index in [0.29, 0.717) is 26.7 Å². The Balaban J connectivity index is 1.74. The van der Waals surface area contributed by atoms with Crippen molar-refractivity contribution in [2.45, 2.75) is 0 Å². The van der Waals surface area contributed by atoms with Crippen molar-refractivity contribution in [3.8, 4) is 22.6 Å². The summed E-state index contributed by atoms with van der Waals surface area (Å²) in [4.78, 5) is 19.2. The summed E-state index contributed by atoms with van der Waals surface area (Å²) in [5.74, 6) is 0.571. The van der Waals surface area contributed by atoms with Gasteiger partial charge in [0.1, 0.15) is 15.5 Å². The summed E-state index contributed by atoms with van der Waals surface area (Å²) in [6.45, 7) is 0. The summed E-state index contributed by atoms with van der Waals surface area (Å²) >= 11 is 4.71. The van der Waals surface area contributed by atoms with E-state index in [0.717, 1.165) is 26.7 Å². The second-order valence-corrected chi connectivity index (χ2v) is 8.67. The molecule has 2 aromatic carbocycles. The number of nitrogen functional groups attached to an aromatic ring is 1. The fraction of sp³-hybridized carbons (Fsp3) is 0. The number of carbonyl (C=O) groups is 1. The lowest BCUT2D eigenvalue weighted by molar-refractivity contribution is 0.104. The van der Waals surface area contributed by atoms with Crippen LogP contribution in [0.3, 0.4) is 0 Å². The number of anilines is 1. The third-order valence-corrected chi connectivity index (χ3v) is 6.49. The average molecular weight is 475 g/mol. The van der Waals surface area contributed by atoms with Gasteiger partial charge in [0.05, 0.1) is 17.6 Å². The lowest BCUT2D eigenvalue weighted by Gasteiger charge is -2.06. The second-order valence-electron chi connectivity index (χ2n) is 6.76. The number of hydrogen-bond acceptors (Lipinski definition) is 5. The molecule has 0 aliphatic carbocycles. The van der Waals surface area contributed by atoms with Gasteiger partial charge in [0.2, 0.25) is 5.78 Å². The van der Waals surface area contributed by atoms with Crippen LogP contribution in [-0.2, 0) is 0 Å².